The molecule has 150 valence electrons. The molecule has 1 saturated heterocycles. The summed E-state index contributed by atoms with van der Waals surface area (Å²) in [5, 5.41) is 0.734. The fraction of sp³-hybridized carbons (Fsp3) is 0.167. The first-order chi connectivity index (χ1) is 14.7. The Bertz CT molecular complexity index is 1180. The van der Waals surface area contributed by atoms with Crippen LogP contribution in [0.25, 0.3) is 16.7 Å². The molecule has 5 nitrogen and oxygen atoms in total. The lowest BCUT2D eigenvalue weighted by atomic mass is 10.1. The number of hydrogen-bond donors (Lipinski definition) is 0. The standard InChI is InChI=1S/C24H21ClN4O/c25-19-7-9-20(10-8-19)27-12-14-28(15-13-27)24(30)18-6-11-23-22(16-18)26-17-29(23)21-4-2-1-3-5-21/h1-11,16-17H,12-15H2. The molecule has 5 rings (SSSR count). The first-order valence-corrected chi connectivity index (χ1v) is 10.4. The van der Waals surface area contributed by atoms with Crippen molar-refractivity contribution < 1.29 is 4.79 Å². The Labute approximate surface area is 180 Å². The van der Waals surface area contributed by atoms with Gasteiger partial charge in [-0.2, -0.15) is 0 Å². The van der Waals surface area contributed by atoms with Gasteiger partial charge in [0.05, 0.1) is 11.0 Å². The van der Waals surface area contributed by atoms with Crippen LogP contribution in [0.5, 0.6) is 0 Å². The van der Waals surface area contributed by atoms with Crippen molar-refractivity contribution >= 4 is 34.2 Å². The van der Waals surface area contributed by atoms with E-state index in [-0.39, 0.29) is 5.91 Å². The summed E-state index contributed by atoms with van der Waals surface area (Å²) in [5.41, 5.74) is 4.69. The van der Waals surface area contributed by atoms with E-state index in [1.54, 1.807) is 6.33 Å². The Balaban J connectivity index is 1.31. The molecule has 1 aliphatic rings. The Morgan fingerprint density at radius 2 is 1.57 bits per heavy atom. The van der Waals surface area contributed by atoms with Crippen molar-refractivity contribution in [1.29, 1.82) is 0 Å². The minimum atomic E-state index is 0.0573. The van der Waals surface area contributed by atoms with Gasteiger partial charge in [-0.3, -0.25) is 9.36 Å². The molecule has 4 aromatic rings. The van der Waals surface area contributed by atoms with Crippen LogP contribution in [0.4, 0.5) is 5.69 Å². The average Bonchev–Trinajstić information content (AvgIpc) is 3.23. The quantitative estimate of drug-likeness (QED) is 0.488. The summed E-state index contributed by atoms with van der Waals surface area (Å²) in [5.74, 6) is 0.0573. The molecule has 0 unspecified atom stereocenters. The highest BCUT2D eigenvalue weighted by Gasteiger charge is 2.23. The zero-order chi connectivity index (χ0) is 20.5. The van der Waals surface area contributed by atoms with Gasteiger partial charge >= 0.3 is 0 Å². The van der Waals surface area contributed by atoms with Gasteiger partial charge in [0.1, 0.15) is 6.33 Å². The van der Waals surface area contributed by atoms with E-state index in [1.807, 2.05) is 82.3 Å². The van der Waals surface area contributed by atoms with Crippen molar-refractivity contribution in [3.05, 3.63) is 89.7 Å². The number of piperazine rings is 1. The van der Waals surface area contributed by atoms with Crippen molar-refractivity contribution in [2.75, 3.05) is 31.1 Å². The molecule has 1 aliphatic heterocycles. The summed E-state index contributed by atoms with van der Waals surface area (Å²) in [7, 11) is 0. The summed E-state index contributed by atoms with van der Waals surface area (Å²) >= 11 is 5.98. The molecular formula is C24H21ClN4O. The molecule has 6 heteroatoms. The van der Waals surface area contributed by atoms with Gasteiger partial charge in [-0.1, -0.05) is 29.8 Å². The van der Waals surface area contributed by atoms with Gasteiger partial charge < -0.3 is 9.80 Å². The maximum atomic E-state index is 13.1. The number of anilines is 1. The van der Waals surface area contributed by atoms with Crippen molar-refractivity contribution in [2.45, 2.75) is 0 Å². The summed E-state index contributed by atoms with van der Waals surface area (Å²) in [6, 6.07) is 23.7. The Morgan fingerprint density at radius 1 is 0.833 bits per heavy atom. The predicted molar refractivity (Wildman–Crippen MR) is 121 cm³/mol. The monoisotopic (exact) mass is 416 g/mol. The molecule has 1 aromatic heterocycles. The maximum Gasteiger partial charge on any atom is 0.254 e. The third-order valence-corrected chi connectivity index (χ3v) is 5.84. The number of rotatable bonds is 3. The number of imidazole rings is 1. The second-order valence-corrected chi connectivity index (χ2v) is 7.85. The van der Waals surface area contributed by atoms with Crippen LogP contribution in [0, 0.1) is 0 Å². The van der Waals surface area contributed by atoms with Gasteiger partial charge in [0, 0.05) is 48.1 Å². The molecule has 1 amide bonds. The fourth-order valence-corrected chi connectivity index (χ4v) is 4.07. The largest absolute Gasteiger partial charge is 0.368 e. The number of aromatic nitrogens is 2. The first kappa shape index (κ1) is 18.7. The van der Waals surface area contributed by atoms with E-state index in [0.29, 0.717) is 18.7 Å². The van der Waals surface area contributed by atoms with Gasteiger partial charge in [-0.25, -0.2) is 4.98 Å². The van der Waals surface area contributed by atoms with E-state index >= 15 is 0 Å². The Hall–Kier alpha value is -3.31. The maximum absolute atomic E-state index is 13.1. The predicted octanol–water partition coefficient (Wildman–Crippen LogP) is 4.64. The number of carbonyl (C=O) groups is 1. The minimum absolute atomic E-state index is 0.0573. The van der Waals surface area contributed by atoms with E-state index in [2.05, 4.69) is 9.88 Å². The molecule has 0 saturated carbocycles. The van der Waals surface area contributed by atoms with Crippen molar-refractivity contribution in [3.8, 4) is 5.69 Å². The van der Waals surface area contributed by atoms with Gasteiger partial charge in [-0.15, -0.1) is 0 Å². The van der Waals surface area contributed by atoms with Crippen LogP contribution in [-0.2, 0) is 0 Å². The van der Waals surface area contributed by atoms with E-state index in [1.165, 1.54) is 0 Å². The second-order valence-electron chi connectivity index (χ2n) is 7.41. The van der Waals surface area contributed by atoms with Crippen molar-refractivity contribution in [3.63, 3.8) is 0 Å². The van der Waals surface area contributed by atoms with Crippen LogP contribution >= 0.6 is 11.6 Å². The number of nitrogens with zero attached hydrogens (tertiary/aromatic N) is 4. The average molecular weight is 417 g/mol. The lowest BCUT2D eigenvalue weighted by molar-refractivity contribution is 0.0747. The SMILES string of the molecule is O=C(c1ccc2c(c1)ncn2-c1ccccc1)N1CCN(c2ccc(Cl)cc2)CC1. The minimum Gasteiger partial charge on any atom is -0.368 e. The van der Waals surface area contributed by atoms with Crippen LogP contribution in [0.3, 0.4) is 0 Å². The van der Waals surface area contributed by atoms with E-state index < -0.39 is 0 Å². The third-order valence-electron chi connectivity index (χ3n) is 5.59. The van der Waals surface area contributed by atoms with Crippen LogP contribution in [0.1, 0.15) is 10.4 Å². The van der Waals surface area contributed by atoms with Crippen LogP contribution in [0.2, 0.25) is 5.02 Å². The highest BCUT2D eigenvalue weighted by Crippen LogP contribution is 2.22. The first-order valence-electron chi connectivity index (χ1n) is 10.0. The third kappa shape index (κ3) is 3.53. The second kappa shape index (κ2) is 7.84. The van der Waals surface area contributed by atoms with Gasteiger partial charge in [0.2, 0.25) is 0 Å². The number of benzene rings is 3. The number of carbonyl (C=O) groups excluding carboxylic acids is 1. The molecular weight excluding hydrogens is 396 g/mol. The molecule has 0 spiro atoms. The zero-order valence-electron chi connectivity index (χ0n) is 16.4. The molecule has 0 aliphatic carbocycles. The van der Waals surface area contributed by atoms with E-state index in [0.717, 1.165) is 40.5 Å². The van der Waals surface area contributed by atoms with E-state index in [4.69, 9.17) is 11.6 Å². The number of fused-ring (bicyclic) bond motifs is 1. The summed E-state index contributed by atoms with van der Waals surface area (Å²) in [4.78, 5) is 21.8. The smallest absolute Gasteiger partial charge is 0.254 e. The normalized spacial score (nSPS) is 14.3. The Kier molecular flexibility index (Phi) is 4.89. The van der Waals surface area contributed by atoms with Crippen LogP contribution in [-0.4, -0.2) is 46.5 Å². The molecule has 0 atom stereocenters. The molecule has 3 aromatic carbocycles. The summed E-state index contributed by atoms with van der Waals surface area (Å²) < 4.78 is 2.04. The molecule has 0 N–H and O–H groups in total. The zero-order valence-corrected chi connectivity index (χ0v) is 17.2. The Morgan fingerprint density at radius 3 is 2.30 bits per heavy atom. The molecule has 30 heavy (non-hydrogen) atoms. The highest BCUT2D eigenvalue weighted by molar-refractivity contribution is 6.30. The van der Waals surface area contributed by atoms with Crippen LogP contribution < -0.4 is 4.90 Å². The molecule has 2 heterocycles. The van der Waals surface area contributed by atoms with Gasteiger partial charge in [0.25, 0.3) is 5.91 Å². The number of para-hydroxylation sites is 1. The number of hydrogen-bond acceptors (Lipinski definition) is 3. The van der Waals surface area contributed by atoms with Gasteiger partial charge in [-0.05, 0) is 54.6 Å². The topological polar surface area (TPSA) is 41.4 Å². The fourth-order valence-electron chi connectivity index (χ4n) is 3.94. The summed E-state index contributed by atoms with van der Waals surface area (Å²) in [6.45, 7) is 2.99. The molecule has 1 fully saturated rings. The summed E-state index contributed by atoms with van der Waals surface area (Å²) in [6.07, 6.45) is 1.80. The van der Waals surface area contributed by atoms with Gasteiger partial charge in [0.15, 0.2) is 0 Å². The number of halogens is 1. The van der Waals surface area contributed by atoms with E-state index in [9.17, 15) is 4.79 Å². The lowest BCUT2D eigenvalue weighted by Crippen LogP contribution is -2.48. The molecule has 0 bridgehead atoms. The highest BCUT2D eigenvalue weighted by atomic mass is 35.5. The number of amides is 1. The van der Waals surface area contributed by atoms with Crippen LogP contribution in [0.15, 0.2) is 79.1 Å². The van der Waals surface area contributed by atoms with Crippen molar-refractivity contribution in [2.24, 2.45) is 0 Å². The molecule has 0 radical (unpaired) electrons. The lowest BCUT2D eigenvalue weighted by Gasteiger charge is -2.36. The van der Waals surface area contributed by atoms with Crippen molar-refractivity contribution in [1.82, 2.24) is 14.5 Å².